The van der Waals surface area contributed by atoms with Crippen LogP contribution < -0.4 is 0 Å². The Hall–Kier alpha value is -2.16. The highest BCUT2D eigenvalue weighted by Gasteiger charge is 2.09. The standard InChI is InChI=1S/C22H13BrS/c23-17-9-5-14(6-10-17)16-8-12-21-20(13-16)19-11-7-15-3-1-2-4-18(15)22(19)24-21/h1-13H. The molecule has 0 nitrogen and oxygen atoms in total. The Labute approximate surface area is 152 Å². The maximum atomic E-state index is 3.51. The van der Waals surface area contributed by atoms with Crippen LogP contribution in [0.5, 0.6) is 0 Å². The molecule has 0 saturated carbocycles. The van der Waals surface area contributed by atoms with Crippen molar-refractivity contribution in [1.82, 2.24) is 0 Å². The molecule has 0 bridgehead atoms. The van der Waals surface area contributed by atoms with Crippen LogP contribution in [0.25, 0.3) is 42.1 Å². The molecule has 0 atom stereocenters. The van der Waals surface area contributed by atoms with Crippen LogP contribution in [0.15, 0.2) is 83.3 Å². The van der Waals surface area contributed by atoms with E-state index in [1.54, 1.807) is 0 Å². The summed E-state index contributed by atoms with van der Waals surface area (Å²) in [6, 6.07) is 28.5. The summed E-state index contributed by atoms with van der Waals surface area (Å²) in [5, 5.41) is 5.36. The second-order valence-electron chi connectivity index (χ2n) is 5.98. The van der Waals surface area contributed by atoms with Gasteiger partial charge in [-0.05, 0) is 46.2 Å². The number of rotatable bonds is 1. The fourth-order valence-electron chi connectivity index (χ4n) is 3.33. The summed E-state index contributed by atoms with van der Waals surface area (Å²) in [5.74, 6) is 0. The summed E-state index contributed by atoms with van der Waals surface area (Å²) < 4.78 is 3.85. The summed E-state index contributed by atoms with van der Waals surface area (Å²) in [6.45, 7) is 0. The van der Waals surface area contributed by atoms with Crippen molar-refractivity contribution in [3.8, 4) is 11.1 Å². The molecule has 4 aromatic carbocycles. The van der Waals surface area contributed by atoms with E-state index in [1.807, 2.05) is 11.3 Å². The molecule has 0 saturated heterocycles. The molecule has 2 heteroatoms. The zero-order valence-electron chi connectivity index (χ0n) is 12.8. The molecule has 0 aliphatic rings. The summed E-state index contributed by atoms with van der Waals surface area (Å²) in [7, 11) is 0. The van der Waals surface area contributed by atoms with Crippen LogP contribution in [0.3, 0.4) is 0 Å². The van der Waals surface area contributed by atoms with Gasteiger partial charge in [0, 0.05) is 24.6 Å². The Morgan fingerprint density at radius 1 is 0.625 bits per heavy atom. The van der Waals surface area contributed by atoms with Crippen molar-refractivity contribution in [3.63, 3.8) is 0 Å². The first-order valence-corrected chi connectivity index (χ1v) is 9.50. The van der Waals surface area contributed by atoms with E-state index in [0.29, 0.717) is 0 Å². The fourth-order valence-corrected chi connectivity index (χ4v) is 4.81. The number of benzene rings is 4. The van der Waals surface area contributed by atoms with Crippen LogP contribution in [0.1, 0.15) is 0 Å². The number of hydrogen-bond donors (Lipinski definition) is 0. The molecular formula is C22H13BrS. The van der Waals surface area contributed by atoms with E-state index in [0.717, 1.165) is 4.47 Å². The molecule has 1 aromatic heterocycles. The molecule has 5 aromatic rings. The summed E-state index contributed by atoms with van der Waals surface area (Å²) >= 11 is 5.40. The van der Waals surface area contributed by atoms with Crippen molar-refractivity contribution in [3.05, 3.63) is 83.3 Å². The Kier molecular flexibility index (Phi) is 3.22. The first-order chi connectivity index (χ1) is 11.8. The summed E-state index contributed by atoms with van der Waals surface area (Å²) in [6.07, 6.45) is 0. The predicted molar refractivity (Wildman–Crippen MR) is 110 cm³/mol. The van der Waals surface area contributed by atoms with Crippen molar-refractivity contribution in [1.29, 1.82) is 0 Å². The number of fused-ring (bicyclic) bond motifs is 5. The van der Waals surface area contributed by atoms with Crippen LogP contribution in [-0.2, 0) is 0 Å². The van der Waals surface area contributed by atoms with Gasteiger partial charge in [-0.25, -0.2) is 0 Å². The minimum atomic E-state index is 1.11. The molecule has 114 valence electrons. The zero-order valence-corrected chi connectivity index (χ0v) is 15.2. The Balaban J connectivity index is 1.81. The third kappa shape index (κ3) is 2.18. The Morgan fingerprint density at radius 3 is 2.29 bits per heavy atom. The first-order valence-electron chi connectivity index (χ1n) is 7.89. The first kappa shape index (κ1) is 14.2. The lowest BCUT2D eigenvalue weighted by Gasteiger charge is -2.03. The molecule has 0 spiro atoms. The van der Waals surface area contributed by atoms with Crippen molar-refractivity contribution < 1.29 is 0 Å². The van der Waals surface area contributed by atoms with Gasteiger partial charge in [0.25, 0.3) is 0 Å². The topological polar surface area (TPSA) is 0 Å². The maximum Gasteiger partial charge on any atom is 0.0433 e. The number of thiophene rings is 1. The van der Waals surface area contributed by atoms with E-state index >= 15 is 0 Å². The SMILES string of the molecule is Brc1ccc(-c2ccc3sc4c5ccccc5ccc4c3c2)cc1. The van der Waals surface area contributed by atoms with E-state index in [2.05, 4.69) is 94.8 Å². The molecule has 0 aliphatic heterocycles. The zero-order chi connectivity index (χ0) is 16.1. The normalized spacial score (nSPS) is 11.5. The predicted octanol–water partition coefficient (Wildman–Crippen LogP) is 7.64. The highest BCUT2D eigenvalue weighted by Crippen LogP contribution is 2.39. The van der Waals surface area contributed by atoms with Crippen molar-refractivity contribution in [2.75, 3.05) is 0 Å². The van der Waals surface area contributed by atoms with Gasteiger partial charge in [-0.15, -0.1) is 11.3 Å². The van der Waals surface area contributed by atoms with Crippen molar-refractivity contribution in [2.45, 2.75) is 0 Å². The van der Waals surface area contributed by atoms with Crippen LogP contribution in [0, 0.1) is 0 Å². The van der Waals surface area contributed by atoms with E-state index in [4.69, 9.17) is 0 Å². The van der Waals surface area contributed by atoms with Gasteiger partial charge in [0.2, 0.25) is 0 Å². The van der Waals surface area contributed by atoms with E-state index in [1.165, 1.54) is 42.1 Å². The van der Waals surface area contributed by atoms with Crippen molar-refractivity contribution >= 4 is 58.2 Å². The van der Waals surface area contributed by atoms with Gasteiger partial charge in [-0.1, -0.05) is 70.5 Å². The second kappa shape index (κ2) is 5.44. The monoisotopic (exact) mass is 388 g/mol. The Morgan fingerprint density at radius 2 is 1.42 bits per heavy atom. The molecule has 0 aliphatic carbocycles. The molecule has 0 fully saturated rings. The van der Waals surface area contributed by atoms with E-state index in [-0.39, 0.29) is 0 Å². The molecule has 0 N–H and O–H groups in total. The molecule has 5 rings (SSSR count). The van der Waals surface area contributed by atoms with Gasteiger partial charge in [-0.3, -0.25) is 0 Å². The molecule has 0 amide bonds. The van der Waals surface area contributed by atoms with Crippen LogP contribution >= 0.6 is 27.3 Å². The lowest BCUT2D eigenvalue weighted by Crippen LogP contribution is -1.77. The lowest BCUT2D eigenvalue weighted by atomic mass is 10.0. The van der Waals surface area contributed by atoms with Crippen molar-refractivity contribution in [2.24, 2.45) is 0 Å². The summed E-state index contributed by atoms with van der Waals surface area (Å²) in [4.78, 5) is 0. The largest absolute Gasteiger partial charge is 0.135 e. The smallest absolute Gasteiger partial charge is 0.0433 e. The number of hydrogen-bond acceptors (Lipinski definition) is 1. The highest BCUT2D eigenvalue weighted by molar-refractivity contribution is 9.10. The molecule has 0 unspecified atom stereocenters. The maximum absolute atomic E-state index is 3.51. The summed E-state index contributed by atoms with van der Waals surface area (Å²) in [5.41, 5.74) is 2.52. The van der Waals surface area contributed by atoms with Crippen LogP contribution in [0.4, 0.5) is 0 Å². The van der Waals surface area contributed by atoms with Gasteiger partial charge < -0.3 is 0 Å². The van der Waals surface area contributed by atoms with E-state index < -0.39 is 0 Å². The van der Waals surface area contributed by atoms with Gasteiger partial charge >= 0.3 is 0 Å². The van der Waals surface area contributed by atoms with Gasteiger partial charge in [0.05, 0.1) is 0 Å². The third-order valence-corrected chi connectivity index (χ3v) is 6.29. The quantitative estimate of drug-likeness (QED) is 0.276. The van der Waals surface area contributed by atoms with Crippen LogP contribution in [-0.4, -0.2) is 0 Å². The lowest BCUT2D eigenvalue weighted by molar-refractivity contribution is 1.62. The van der Waals surface area contributed by atoms with E-state index in [9.17, 15) is 0 Å². The third-order valence-electron chi connectivity index (χ3n) is 4.54. The fraction of sp³-hybridized carbons (Fsp3) is 0. The van der Waals surface area contributed by atoms with Gasteiger partial charge in [0.15, 0.2) is 0 Å². The average Bonchev–Trinajstić information content (AvgIpc) is 3.01. The average molecular weight is 389 g/mol. The molecule has 24 heavy (non-hydrogen) atoms. The molecular weight excluding hydrogens is 376 g/mol. The minimum absolute atomic E-state index is 1.11. The van der Waals surface area contributed by atoms with Gasteiger partial charge in [0.1, 0.15) is 0 Å². The Bertz CT molecular complexity index is 1200. The highest BCUT2D eigenvalue weighted by atomic mass is 79.9. The molecule has 1 heterocycles. The van der Waals surface area contributed by atoms with Crippen LogP contribution in [0.2, 0.25) is 0 Å². The second-order valence-corrected chi connectivity index (χ2v) is 7.95. The number of halogens is 1. The van der Waals surface area contributed by atoms with Gasteiger partial charge in [-0.2, -0.15) is 0 Å². The minimum Gasteiger partial charge on any atom is -0.135 e. The molecule has 0 radical (unpaired) electrons.